The normalized spacial score (nSPS) is 11.0. The minimum Gasteiger partial charge on any atom is -0.387 e. The number of aliphatic hydroxyl groups excluding tert-OH is 1. The predicted octanol–water partition coefficient (Wildman–Crippen LogP) is 4.74. The van der Waals surface area contributed by atoms with E-state index in [-0.39, 0.29) is 5.91 Å². The summed E-state index contributed by atoms with van der Waals surface area (Å²) in [4.78, 5) is 22.1. The molecule has 4 nitrogen and oxygen atoms in total. The summed E-state index contributed by atoms with van der Waals surface area (Å²) in [6.07, 6.45) is 16.9. The second-order valence-electron chi connectivity index (χ2n) is 7.30. The van der Waals surface area contributed by atoms with Crippen LogP contribution in [0.4, 0.5) is 0 Å². The molecule has 0 unspecified atom stereocenters. The highest BCUT2D eigenvalue weighted by Crippen LogP contribution is 2.14. The molecule has 142 valence electrons. The van der Waals surface area contributed by atoms with Gasteiger partial charge < -0.3 is 5.11 Å². The molecule has 0 saturated heterocycles. The van der Waals surface area contributed by atoms with Crippen LogP contribution in [0, 0.1) is 5.92 Å². The van der Waals surface area contributed by atoms with Crippen LogP contribution in [0.15, 0.2) is 0 Å². The van der Waals surface area contributed by atoms with Gasteiger partial charge in [-0.15, -0.1) is 0 Å². The number of aliphatic hydroxyl groups is 1. The fourth-order valence-corrected chi connectivity index (χ4v) is 2.86. The van der Waals surface area contributed by atoms with Crippen molar-refractivity contribution in [1.29, 1.82) is 0 Å². The molecule has 0 bridgehead atoms. The molecule has 0 aromatic carbocycles. The molecule has 24 heavy (non-hydrogen) atoms. The lowest BCUT2D eigenvalue weighted by molar-refractivity contribution is -0.132. The van der Waals surface area contributed by atoms with Gasteiger partial charge in [0.2, 0.25) is 5.91 Å². The molecule has 0 aliphatic heterocycles. The van der Waals surface area contributed by atoms with Gasteiger partial charge in [-0.25, -0.2) is 0 Å². The molecule has 2 N–H and O–H groups in total. The van der Waals surface area contributed by atoms with E-state index < -0.39 is 12.5 Å². The topological polar surface area (TPSA) is 66.4 Å². The molecule has 0 radical (unpaired) electrons. The Labute approximate surface area is 148 Å². The first-order valence-electron chi connectivity index (χ1n) is 9.99. The van der Waals surface area contributed by atoms with Crippen molar-refractivity contribution in [1.82, 2.24) is 5.32 Å². The van der Waals surface area contributed by atoms with Gasteiger partial charge >= 0.3 is 0 Å². The number of hydrogen-bond acceptors (Lipinski definition) is 3. The summed E-state index contributed by atoms with van der Waals surface area (Å²) in [5, 5.41) is 10.7. The first-order valence-corrected chi connectivity index (χ1v) is 9.99. The Bertz CT molecular complexity index is 316. The molecule has 0 heterocycles. The Morgan fingerprint density at radius 3 is 1.54 bits per heavy atom. The van der Waals surface area contributed by atoms with E-state index in [0.29, 0.717) is 6.42 Å². The maximum absolute atomic E-state index is 11.3. The van der Waals surface area contributed by atoms with E-state index in [4.69, 9.17) is 5.11 Å². The fourth-order valence-electron chi connectivity index (χ4n) is 2.86. The van der Waals surface area contributed by atoms with Gasteiger partial charge in [-0.2, -0.15) is 0 Å². The van der Waals surface area contributed by atoms with Gasteiger partial charge in [-0.05, 0) is 12.3 Å². The van der Waals surface area contributed by atoms with Crippen LogP contribution < -0.4 is 5.32 Å². The lowest BCUT2D eigenvalue weighted by Gasteiger charge is -2.05. The molecule has 0 aromatic heterocycles. The summed E-state index contributed by atoms with van der Waals surface area (Å²) in [6, 6.07) is 0. The molecule has 0 aliphatic rings. The molecule has 0 atom stereocenters. The predicted molar refractivity (Wildman–Crippen MR) is 99.7 cm³/mol. The van der Waals surface area contributed by atoms with Crippen LogP contribution >= 0.6 is 0 Å². The Kier molecular flexibility index (Phi) is 16.3. The number of carbonyl (C=O) groups is 2. The van der Waals surface area contributed by atoms with Gasteiger partial charge in [0.15, 0.2) is 0 Å². The number of amides is 2. The molecular weight excluding hydrogens is 302 g/mol. The van der Waals surface area contributed by atoms with Crippen molar-refractivity contribution in [2.75, 3.05) is 6.61 Å². The molecule has 0 saturated carbocycles. The summed E-state index contributed by atoms with van der Waals surface area (Å²) in [6.45, 7) is 3.98. The Hall–Kier alpha value is -0.900. The lowest BCUT2D eigenvalue weighted by atomic mass is 10.0. The number of unbranched alkanes of at least 4 members (excludes halogenated alkanes) is 11. The maximum Gasteiger partial charge on any atom is 0.252 e. The van der Waals surface area contributed by atoms with E-state index in [9.17, 15) is 9.59 Å². The minimum atomic E-state index is -0.621. The van der Waals surface area contributed by atoms with Crippen LogP contribution in [0.2, 0.25) is 0 Å². The van der Waals surface area contributed by atoms with Crippen molar-refractivity contribution in [2.45, 2.75) is 104 Å². The quantitative estimate of drug-likeness (QED) is 0.399. The highest BCUT2D eigenvalue weighted by Gasteiger charge is 2.05. The zero-order valence-corrected chi connectivity index (χ0v) is 15.9. The molecule has 0 aliphatic carbocycles. The maximum atomic E-state index is 11.3. The zero-order valence-electron chi connectivity index (χ0n) is 15.9. The summed E-state index contributed by atoms with van der Waals surface area (Å²) in [7, 11) is 0. The number of hydrogen-bond donors (Lipinski definition) is 2. The van der Waals surface area contributed by atoms with Crippen molar-refractivity contribution in [3.63, 3.8) is 0 Å². The van der Waals surface area contributed by atoms with E-state index in [1.165, 1.54) is 64.2 Å². The standard InChI is InChI=1S/C20H39NO3/c1-18(2)15-13-11-9-7-5-3-4-6-8-10-12-14-16-19(23)21-20(24)17-22/h18,22H,3-17H2,1-2H3,(H,21,23,24). The Morgan fingerprint density at radius 2 is 1.12 bits per heavy atom. The summed E-state index contributed by atoms with van der Waals surface area (Å²) in [5.74, 6) is -0.0372. The van der Waals surface area contributed by atoms with Gasteiger partial charge in [-0.1, -0.05) is 90.9 Å². The molecule has 0 spiro atoms. The molecule has 0 aromatic rings. The first kappa shape index (κ1) is 23.1. The van der Waals surface area contributed by atoms with E-state index in [0.717, 1.165) is 25.2 Å². The van der Waals surface area contributed by atoms with Gasteiger partial charge in [-0.3, -0.25) is 14.9 Å². The monoisotopic (exact) mass is 341 g/mol. The fraction of sp³-hybridized carbons (Fsp3) is 0.900. The molecule has 0 fully saturated rings. The van der Waals surface area contributed by atoms with E-state index in [1.54, 1.807) is 0 Å². The first-order chi connectivity index (χ1) is 11.6. The van der Waals surface area contributed by atoms with Crippen molar-refractivity contribution < 1.29 is 14.7 Å². The van der Waals surface area contributed by atoms with Gasteiger partial charge in [0, 0.05) is 6.42 Å². The van der Waals surface area contributed by atoms with Crippen molar-refractivity contribution >= 4 is 11.8 Å². The van der Waals surface area contributed by atoms with E-state index in [2.05, 4.69) is 19.2 Å². The molecular formula is C20H39NO3. The van der Waals surface area contributed by atoms with Crippen molar-refractivity contribution in [2.24, 2.45) is 5.92 Å². The van der Waals surface area contributed by atoms with Crippen LogP contribution in [0.25, 0.3) is 0 Å². The van der Waals surface area contributed by atoms with Gasteiger partial charge in [0.25, 0.3) is 5.91 Å². The van der Waals surface area contributed by atoms with Crippen LogP contribution in [0.3, 0.4) is 0 Å². The largest absolute Gasteiger partial charge is 0.387 e. The Morgan fingerprint density at radius 1 is 0.708 bits per heavy atom. The van der Waals surface area contributed by atoms with Crippen LogP contribution in [0.5, 0.6) is 0 Å². The SMILES string of the molecule is CC(C)CCCCCCCCCCCCCCC(=O)NC(=O)CO. The Balaban J connectivity index is 3.15. The van der Waals surface area contributed by atoms with Crippen LogP contribution in [0.1, 0.15) is 104 Å². The summed E-state index contributed by atoms with van der Waals surface area (Å²) in [5.41, 5.74) is 0. The number of imide groups is 1. The van der Waals surface area contributed by atoms with Crippen LogP contribution in [-0.4, -0.2) is 23.5 Å². The second-order valence-corrected chi connectivity index (χ2v) is 7.30. The third-order valence-electron chi connectivity index (χ3n) is 4.36. The molecule has 4 heteroatoms. The lowest BCUT2D eigenvalue weighted by Crippen LogP contribution is -2.32. The third kappa shape index (κ3) is 17.5. The molecule has 2 amide bonds. The number of nitrogens with one attached hydrogen (secondary N) is 1. The highest BCUT2D eigenvalue weighted by molar-refractivity contribution is 5.95. The van der Waals surface area contributed by atoms with Gasteiger partial charge in [0.05, 0.1) is 0 Å². The molecule has 0 rings (SSSR count). The van der Waals surface area contributed by atoms with E-state index in [1.807, 2.05) is 0 Å². The van der Waals surface area contributed by atoms with Crippen molar-refractivity contribution in [3.05, 3.63) is 0 Å². The second kappa shape index (κ2) is 16.9. The highest BCUT2D eigenvalue weighted by atomic mass is 16.3. The smallest absolute Gasteiger partial charge is 0.252 e. The summed E-state index contributed by atoms with van der Waals surface area (Å²) >= 11 is 0. The van der Waals surface area contributed by atoms with Gasteiger partial charge in [0.1, 0.15) is 6.61 Å². The average molecular weight is 342 g/mol. The van der Waals surface area contributed by atoms with E-state index >= 15 is 0 Å². The average Bonchev–Trinajstić information content (AvgIpc) is 2.54. The summed E-state index contributed by atoms with van der Waals surface area (Å²) < 4.78 is 0. The number of rotatable bonds is 16. The van der Waals surface area contributed by atoms with Crippen LogP contribution in [-0.2, 0) is 9.59 Å². The van der Waals surface area contributed by atoms with Crippen molar-refractivity contribution in [3.8, 4) is 0 Å². The minimum absolute atomic E-state index is 0.276. The third-order valence-corrected chi connectivity index (χ3v) is 4.36. The zero-order chi connectivity index (χ0) is 18.0. The number of carbonyl (C=O) groups excluding carboxylic acids is 2.